The van der Waals surface area contributed by atoms with Gasteiger partial charge in [0.1, 0.15) is 0 Å². The molecule has 1 aliphatic rings. The van der Waals surface area contributed by atoms with Gasteiger partial charge in [-0.25, -0.2) is 8.42 Å². The minimum atomic E-state index is -3.82. The molecule has 0 aliphatic carbocycles. The molecule has 2 rings (SSSR count). The van der Waals surface area contributed by atoms with Crippen LogP contribution in [0.3, 0.4) is 0 Å². The van der Waals surface area contributed by atoms with Crippen molar-refractivity contribution in [3.63, 3.8) is 0 Å². The Bertz CT molecular complexity index is 734. The quantitative estimate of drug-likeness (QED) is 0.499. The Morgan fingerprint density at radius 3 is 2.48 bits per heavy atom. The van der Waals surface area contributed by atoms with E-state index in [2.05, 4.69) is 20.7 Å². The number of carbonyl (C=O) groups excluding carboxylic acids is 2. The number of nitrogens with one attached hydrogen (secondary N) is 4. The predicted octanol–water partition coefficient (Wildman–Crippen LogP) is 0.849. The molecule has 2 unspecified atom stereocenters. The fraction of sp³-hybridized carbons (Fsp3) is 0.529. The van der Waals surface area contributed by atoms with E-state index in [1.54, 1.807) is 0 Å². The van der Waals surface area contributed by atoms with E-state index in [-0.39, 0.29) is 29.1 Å². The molecule has 1 aromatic carbocycles. The average molecular weight is 419 g/mol. The molecule has 1 aliphatic heterocycles. The molecule has 0 saturated carbocycles. The number of halogens is 1. The molecule has 2 amide bonds. The first kappa shape index (κ1) is 23.4. The maximum atomic E-state index is 12.4. The Hall–Kier alpha value is -1.68. The fourth-order valence-corrected chi connectivity index (χ4v) is 3.99. The van der Waals surface area contributed by atoms with Gasteiger partial charge in [0, 0.05) is 19.2 Å². The predicted molar refractivity (Wildman–Crippen MR) is 106 cm³/mol. The van der Waals surface area contributed by atoms with Crippen LogP contribution < -0.4 is 20.7 Å². The van der Waals surface area contributed by atoms with Crippen molar-refractivity contribution in [2.45, 2.75) is 37.6 Å². The Labute approximate surface area is 166 Å². The first-order valence-corrected chi connectivity index (χ1v) is 10.1. The third kappa shape index (κ3) is 7.45. The Morgan fingerprint density at radius 1 is 1.26 bits per heavy atom. The van der Waals surface area contributed by atoms with E-state index in [1.165, 1.54) is 38.1 Å². The van der Waals surface area contributed by atoms with Crippen LogP contribution in [0, 0.1) is 5.92 Å². The molecule has 1 aromatic rings. The third-order valence-corrected chi connectivity index (χ3v) is 5.78. The standard InChI is InChI=1S/C17H26N4O4S.ClH/c1-12(17(23)19-10-8-14-7-9-18-11-14)21-26(24,25)16-5-3-15(4-6-16)20-13(2)22;/h3-6,12,14,18,21H,7-11H2,1-2H3,(H,19,23)(H,20,22);1H. The lowest BCUT2D eigenvalue weighted by Gasteiger charge is -2.15. The van der Waals surface area contributed by atoms with Gasteiger partial charge >= 0.3 is 0 Å². The molecule has 1 fully saturated rings. The van der Waals surface area contributed by atoms with Gasteiger partial charge in [-0.05, 0) is 63.0 Å². The van der Waals surface area contributed by atoms with E-state index in [0.29, 0.717) is 18.2 Å². The summed E-state index contributed by atoms with van der Waals surface area (Å²) in [5.41, 5.74) is 0.503. The number of anilines is 1. The first-order chi connectivity index (χ1) is 12.3. The monoisotopic (exact) mass is 418 g/mol. The second kappa shape index (κ2) is 10.6. The lowest BCUT2D eigenvalue weighted by molar-refractivity contribution is -0.122. The maximum absolute atomic E-state index is 12.4. The van der Waals surface area contributed by atoms with Gasteiger partial charge in [-0.3, -0.25) is 9.59 Å². The van der Waals surface area contributed by atoms with Crippen molar-refractivity contribution in [1.82, 2.24) is 15.4 Å². The van der Waals surface area contributed by atoms with Crippen molar-refractivity contribution >= 4 is 39.9 Å². The highest BCUT2D eigenvalue weighted by molar-refractivity contribution is 7.89. The molecule has 10 heteroatoms. The van der Waals surface area contributed by atoms with Crippen LogP contribution in [0.15, 0.2) is 29.2 Å². The molecule has 27 heavy (non-hydrogen) atoms. The molecule has 1 heterocycles. The van der Waals surface area contributed by atoms with E-state index >= 15 is 0 Å². The summed E-state index contributed by atoms with van der Waals surface area (Å²) in [5.74, 6) is -0.0313. The zero-order valence-electron chi connectivity index (χ0n) is 15.4. The molecule has 1 saturated heterocycles. The smallest absolute Gasteiger partial charge is 0.241 e. The van der Waals surface area contributed by atoms with Gasteiger partial charge in [0.15, 0.2) is 0 Å². The average Bonchev–Trinajstić information content (AvgIpc) is 3.07. The van der Waals surface area contributed by atoms with Gasteiger partial charge in [-0.1, -0.05) is 0 Å². The number of sulfonamides is 1. The largest absolute Gasteiger partial charge is 0.355 e. The molecule has 0 bridgehead atoms. The van der Waals surface area contributed by atoms with E-state index in [4.69, 9.17) is 0 Å². The van der Waals surface area contributed by atoms with Crippen LogP contribution in [0.2, 0.25) is 0 Å². The van der Waals surface area contributed by atoms with Gasteiger partial charge < -0.3 is 16.0 Å². The number of hydrogen-bond acceptors (Lipinski definition) is 5. The molecule has 152 valence electrons. The summed E-state index contributed by atoms with van der Waals surface area (Å²) in [7, 11) is -3.82. The van der Waals surface area contributed by atoms with Crippen molar-refractivity contribution in [2.75, 3.05) is 25.0 Å². The van der Waals surface area contributed by atoms with Gasteiger partial charge in [0.2, 0.25) is 21.8 Å². The minimum absolute atomic E-state index is 0. The summed E-state index contributed by atoms with van der Waals surface area (Å²) in [6.45, 7) is 5.39. The Balaban J connectivity index is 0.00000364. The van der Waals surface area contributed by atoms with Crippen LogP contribution in [-0.2, 0) is 19.6 Å². The molecular weight excluding hydrogens is 392 g/mol. The molecule has 0 aromatic heterocycles. The second-order valence-corrected chi connectivity index (χ2v) is 8.20. The number of hydrogen-bond donors (Lipinski definition) is 4. The second-order valence-electron chi connectivity index (χ2n) is 6.49. The van der Waals surface area contributed by atoms with Gasteiger partial charge in [-0.15, -0.1) is 12.4 Å². The highest BCUT2D eigenvalue weighted by Gasteiger charge is 2.22. The zero-order valence-corrected chi connectivity index (χ0v) is 17.1. The van der Waals surface area contributed by atoms with Crippen LogP contribution in [0.5, 0.6) is 0 Å². The van der Waals surface area contributed by atoms with Crippen molar-refractivity contribution < 1.29 is 18.0 Å². The molecule has 0 spiro atoms. The van der Waals surface area contributed by atoms with Crippen LogP contribution in [0.4, 0.5) is 5.69 Å². The van der Waals surface area contributed by atoms with Crippen molar-refractivity contribution in [3.05, 3.63) is 24.3 Å². The number of carbonyl (C=O) groups is 2. The normalized spacial score (nSPS) is 17.6. The lowest BCUT2D eigenvalue weighted by atomic mass is 10.1. The van der Waals surface area contributed by atoms with Crippen molar-refractivity contribution in [1.29, 1.82) is 0 Å². The summed E-state index contributed by atoms with van der Waals surface area (Å²) in [5, 5.41) is 8.61. The van der Waals surface area contributed by atoms with E-state index in [9.17, 15) is 18.0 Å². The molecular formula is C17H27ClN4O4S. The summed E-state index contributed by atoms with van der Waals surface area (Å²) in [6, 6.07) is 4.88. The number of rotatable bonds is 8. The molecule has 2 atom stereocenters. The summed E-state index contributed by atoms with van der Waals surface area (Å²) >= 11 is 0. The van der Waals surface area contributed by atoms with Gasteiger partial charge in [-0.2, -0.15) is 4.72 Å². The zero-order chi connectivity index (χ0) is 19.2. The maximum Gasteiger partial charge on any atom is 0.241 e. The minimum Gasteiger partial charge on any atom is -0.355 e. The van der Waals surface area contributed by atoms with Crippen LogP contribution in [0.1, 0.15) is 26.7 Å². The summed E-state index contributed by atoms with van der Waals surface area (Å²) in [6.07, 6.45) is 1.98. The van der Waals surface area contributed by atoms with Crippen LogP contribution in [-0.4, -0.2) is 45.9 Å². The van der Waals surface area contributed by atoms with Crippen molar-refractivity contribution in [3.8, 4) is 0 Å². The van der Waals surface area contributed by atoms with Crippen LogP contribution >= 0.6 is 12.4 Å². The van der Waals surface area contributed by atoms with Gasteiger partial charge in [0.25, 0.3) is 0 Å². The molecule has 4 N–H and O–H groups in total. The number of amides is 2. The first-order valence-electron chi connectivity index (χ1n) is 8.66. The number of benzene rings is 1. The Morgan fingerprint density at radius 2 is 1.93 bits per heavy atom. The highest BCUT2D eigenvalue weighted by Crippen LogP contribution is 2.14. The topological polar surface area (TPSA) is 116 Å². The van der Waals surface area contributed by atoms with E-state index in [1.807, 2.05) is 0 Å². The highest BCUT2D eigenvalue weighted by atomic mass is 35.5. The van der Waals surface area contributed by atoms with E-state index in [0.717, 1.165) is 25.9 Å². The lowest BCUT2D eigenvalue weighted by Crippen LogP contribution is -2.45. The van der Waals surface area contributed by atoms with E-state index < -0.39 is 16.1 Å². The summed E-state index contributed by atoms with van der Waals surface area (Å²) < 4.78 is 27.1. The Kier molecular flexibility index (Phi) is 9.17. The fourth-order valence-electron chi connectivity index (χ4n) is 2.79. The van der Waals surface area contributed by atoms with Gasteiger partial charge in [0.05, 0.1) is 10.9 Å². The summed E-state index contributed by atoms with van der Waals surface area (Å²) in [4.78, 5) is 23.1. The molecule has 0 radical (unpaired) electrons. The molecule has 8 nitrogen and oxygen atoms in total. The SMILES string of the molecule is CC(=O)Nc1ccc(S(=O)(=O)NC(C)C(=O)NCCC2CCNC2)cc1.Cl. The third-order valence-electron chi connectivity index (χ3n) is 4.22. The van der Waals surface area contributed by atoms with Crippen LogP contribution in [0.25, 0.3) is 0 Å². The van der Waals surface area contributed by atoms with Crippen molar-refractivity contribution in [2.24, 2.45) is 5.92 Å².